The zero-order valence-corrected chi connectivity index (χ0v) is 21.5. The number of piperidine rings is 2. The van der Waals surface area contributed by atoms with E-state index in [0.29, 0.717) is 25.0 Å². The minimum absolute atomic E-state index is 0. The molecule has 2 fully saturated rings. The van der Waals surface area contributed by atoms with Gasteiger partial charge in [0.05, 0.1) is 18.0 Å². The molecule has 0 radical (unpaired) electrons. The zero-order valence-electron chi connectivity index (χ0n) is 19.2. The predicted molar refractivity (Wildman–Crippen MR) is 140 cm³/mol. The van der Waals surface area contributed by atoms with Crippen LogP contribution in [0.4, 0.5) is 5.69 Å². The molecule has 1 aromatic carbocycles. The van der Waals surface area contributed by atoms with E-state index in [9.17, 15) is 10.1 Å². The maximum atomic E-state index is 10.8. The number of nitrogens with zero attached hydrogens (tertiary/aromatic N) is 6. The lowest BCUT2D eigenvalue weighted by Crippen LogP contribution is -2.56. The Morgan fingerprint density at radius 1 is 1.27 bits per heavy atom. The van der Waals surface area contributed by atoms with Gasteiger partial charge in [0.2, 0.25) is 0 Å². The van der Waals surface area contributed by atoms with Crippen molar-refractivity contribution in [3.63, 3.8) is 0 Å². The first-order chi connectivity index (χ1) is 15.6. The first-order valence-corrected chi connectivity index (χ1v) is 11.6. The van der Waals surface area contributed by atoms with Crippen LogP contribution < -0.4 is 5.32 Å². The molecule has 0 bridgehead atoms. The van der Waals surface area contributed by atoms with Crippen LogP contribution in [0.25, 0.3) is 0 Å². The minimum Gasteiger partial charge on any atom is -0.357 e. The fraction of sp³-hybridized carbons (Fsp3) is 0.565. The van der Waals surface area contributed by atoms with E-state index in [2.05, 4.69) is 57.5 Å². The van der Waals surface area contributed by atoms with Crippen molar-refractivity contribution in [1.82, 2.24) is 24.9 Å². The second kappa shape index (κ2) is 12.3. The highest BCUT2D eigenvalue weighted by Gasteiger charge is 2.36. The molecule has 1 aromatic heterocycles. The predicted octanol–water partition coefficient (Wildman–Crippen LogP) is 3.36. The average Bonchev–Trinajstić information content (AvgIpc) is 3.28. The molecular formula is C23H34IN7O2. The molecule has 0 amide bonds. The molecule has 3 heterocycles. The third kappa shape index (κ3) is 6.66. The lowest BCUT2D eigenvalue weighted by Gasteiger charge is -2.48. The molecular weight excluding hydrogens is 533 g/mol. The number of halogens is 1. The summed E-state index contributed by atoms with van der Waals surface area (Å²) >= 11 is 0. The Kier molecular flexibility index (Phi) is 9.48. The molecule has 4 rings (SSSR count). The Bertz CT molecular complexity index is 921. The van der Waals surface area contributed by atoms with Crippen molar-refractivity contribution in [1.29, 1.82) is 0 Å². The average molecular weight is 567 g/mol. The highest BCUT2D eigenvalue weighted by molar-refractivity contribution is 14.0. The summed E-state index contributed by atoms with van der Waals surface area (Å²) in [6.07, 6.45) is 6.39. The van der Waals surface area contributed by atoms with E-state index in [0.717, 1.165) is 38.6 Å². The van der Waals surface area contributed by atoms with Gasteiger partial charge in [-0.05, 0) is 44.2 Å². The Hall–Kier alpha value is -2.21. The van der Waals surface area contributed by atoms with Crippen LogP contribution in [0.5, 0.6) is 0 Å². The van der Waals surface area contributed by atoms with E-state index in [1.165, 1.54) is 37.3 Å². The van der Waals surface area contributed by atoms with Crippen LogP contribution >= 0.6 is 24.0 Å². The second-order valence-electron chi connectivity index (χ2n) is 8.61. The summed E-state index contributed by atoms with van der Waals surface area (Å²) in [7, 11) is 0. The first-order valence-electron chi connectivity index (χ1n) is 11.6. The van der Waals surface area contributed by atoms with E-state index < -0.39 is 4.92 Å². The maximum Gasteiger partial charge on any atom is 0.306 e. The summed E-state index contributed by atoms with van der Waals surface area (Å²) in [5, 5.41) is 18.3. The van der Waals surface area contributed by atoms with E-state index in [4.69, 9.17) is 4.99 Å². The largest absolute Gasteiger partial charge is 0.357 e. The summed E-state index contributed by atoms with van der Waals surface area (Å²) in [5.41, 5.74) is 1.41. The number of likely N-dealkylation sites (tertiary alicyclic amines) is 2. The normalized spacial score (nSPS) is 21.2. The van der Waals surface area contributed by atoms with Gasteiger partial charge in [0.1, 0.15) is 12.4 Å². The highest BCUT2D eigenvalue weighted by Crippen LogP contribution is 2.31. The molecule has 33 heavy (non-hydrogen) atoms. The maximum absolute atomic E-state index is 10.8. The number of fused-ring (bicyclic) bond motifs is 1. The SMILES string of the molecule is CCNC(=NCCn1cc([N+](=O)[O-])cn1)N1CCC2C(CCCN2Cc2ccccc2)C1.I. The summed E-state index contributed by atoms with van der Waals surface area (Å²) in [6.45, 7) is 8.18. The Labute approximate surface area is 212 Å². The Morgan fingerprint density at radius 2 is 2.09 bits per heavy atom. The standard InChI is InChI=1S/C23H33N7O2.HI/c1-2-24-23(25-11-14-29-18-21(15-26-29)30(31)32)28-13-10-22-20(17-28)9-6-12-27(22)16-19-7-4-3-5-8-19;/h3-5,7-8,15,18,20,22H,2,6,9-14,16-17H2,1H3,(H,24,25);1H. The van der Waals surface area contributed by atoms with Crippen molar-refractivity contribution >= 4 is 35.6 Å². The van der Waals surface area contributed by atoms with E-state index in [1.54, 1.807) is 4.68 Å². The number of hydrogen-bond donors (Lipinski definition) is 1. The van der Waals surface area contributed by atoms with Crippen LogP contribution in [-0.2, 0) is 13.1 Å². The quantitative estimate of drug-likeness (QED) is 0.182. The van der Waals surface area contributed by atoms with E-state index in [-0.39, 0.29) is 29.7 Å². The fourth-order valence-corrected chi connectivity index (χ4v) is 4.97. The first kappa shape index (κ1) is 25.4. The van der Waals surface area contributed by atoms with Crippen LogP contribution in [0.2, 0.25) is 0 Å². The summed E-state index contributed by atoms with van der Waals surface area (Å²) in [5.74, 6) is 1.59. The number of nitrogens with one attached hydrogen (secondary N) is 1. The zero-order chi connectivity index (χ0) is 22.3. The molecule has 0 spiro atoms. The molecule has 2 saturated heterocycles. The molecule has 2 unspecified atom stereocenters. The molecule has 2 aromatic rings. The van der Waals surface area contributed by atoms with Gasteiger partial charge in [-0.25, -0.2) is 0 Å². The summed E-state index contributed by atoms with van der Waals surface area (Å²) in [4.78, 5) is 20.3. The van der Waals surface area contributed by atoms with E-state index >= 15 is 0 Å². The van der Waals surface area contributed by atoms with Gasteiger partial charge in [0.15, 0.2) is 5.96 Å². The molecule has 1 N–H and O–H groups in total. The van der Waals surface area contributed by atoms with Crippen LogP contribution in [0.1, 0.15) is 31.7 Å². The van der Waals surface area contributed by atoms with Crippen LogP contribution in [-0.4, -0.2) is 69.2 Å². The molecule has 180 valence electrons. The Balaban J connectivity index is 0.00000306. The molecule has 9 nitrogen and oxygen atoms in total. The van der Waals surface area contributed by atoms with Crippen molar-refractivity contribution < 1.29 is 4.92 Å². The van der Waals surface area contributed by atoms with E-state index in [1.807, 2.05) is 0 Å². The van der Waals surface area contributed by atoms with Crippen molar-refractivity contribution in [3.8, 4) is 0 Å². The summed E-state index contributed by atoms with van der Waals surface area (Å²) in [6, 6.07) is 11.4. The van der Waals surface area contributed by atoms with Gasteiger partial charge in [0, 0.05) is 32.2 Å². The fourth-order valence-electron chi connectivity index (χ4n) is 4.97. The lowest BCUT2D eigenvalue weighted by molar-refractivity contribution is -0.385. The molecule has 2 atom stereocenters. The van der Waals surface area contributed by atoms with Gasteiger partial charge < -0.3 is 10.2 Å². The topological polar surface area (TPSA) is 91.8 Å². The smallest absolute Gasteiger partial charge is 0.306 e. The van der Waals surface area contributed by atoms with Gasteiger partial charge in [-0.2, -0.15) is 5.10 Å². The van der Waals surface area contributed by atoms with Gasteiger partial charge in [0.25, 0.3) is 0 Å². The van der Waals surface area contributed by atoms with Crippen molar-refractivity contribution in [2.24, 2.45) is 10.9 Å². The van der Waals surface area contributed by atoms with Gasteiger partial charge in [-0.15, -0.1) is 24.0 Å². The molecule has 2 aliphatic rings. The number of aromatic nitrogens is 2. The van der Waals surface area contributed by atoms with Crippen LogP contribution in [0.15, 0.2) is 47.7 Å². The lowest BCUT2D eigenvalue weighted by atomic mass is 9.83. The third-order valence-corrected chi connectivity index (χ3v) is 6.47. The van der Waals surface area contributed by atoms with Crippen LogP contribution in [0, 0.1) is 16.0 Å². The van der Waals surface area contributed by atoms with Crippen molar-refractivity contribution in [2.45, 2.75) is 45.3 Å². The highest BCUT2D eigenvalue weighted by atomic mass is 127. The van der Waals surface area contributed by atoms with Crippen molar-refractivity contribution in [3.05, 3.63) is 58.4 Å². The number of guanidine groups is 1. The van der Waals surface area contributed by atoms with Crippen LogP contribution in [0.3, 0.4) is 0 Å². The number of benzene rings is 1. The monoisotopic (exact) mass is 567 g/mol. The number of rotatable bonds is 7. The number of nitro groups is 1. The molecule has 0 saturated carbocycles. The number of hydrogen-bond acceptors (Lipinski definition) is 5. The van der Waals surface area contributed by atoms with Gasteiger partial charge in [-0.1, -0.05) is 30.3 Å². The molecule has 10 heteroatoms. The molecule has 0 aliphatic carbocycles. The Morgan fingerprint density at radius 3 is 2.82 bits per heavy atom. The third-order valence-electron chi connectivity index (χ3n) is 6.47. The van der Waals surface area contributed by atoms with Gasteiger partial charge >= 0.3 is 5.69 Å². The molecule has 2 aliphatic heterocycles. The number of aliphatic imine (C=N–C) groups is 1. The minimum atomic E-state index is -0.424. The summed E-state index contributed by atoms with van der Waals surface area (Å²) < 4.78 is 1.58. The second-order valence-corrected chi connectivity index (χ2v) is 8.61. The van der Waals surface area contributed by atoms with Crippen molar-refractivity contribution in [2.75, 3.05) is 32.7 Å². The van der Waals surface area contributed by atoms with Gasteiger partial charge in [-0.3, -0.25) is 24.7 Å².